The van der Waals surface area contributed by atoms with Crippen molar-refractivity contribution < 1.29 is 14.3 Å². The molecule has 0 bridgehead atoms. The van der Waals surface area contributed by atoms with E-state index in [0.29, 0.717) is 0 Å². The van der Waals surface area contributed by atoms with Crippen molar-refractivity contribution in [2.45, 2.75) is 37.6 Å². The van der Waals surface area contributed by atoms with Gasteiger partial charge in [0.1, 0.15) is 11.3 Å². The van der Waals surface area contributed by atoms with Gasteiger partial charge in [-0.25, -0.2) is 0 Å². The number of benzene rings is 1. The van der Waals surface area contributed by atoms with Crippen LogP contribution in [0.5, 0.6) is 5.75 Å². The number of carbonyl (C=O) groups excluding carboxylic acids is 1. The van der Waals surface area contributed by atoms with Crippen molar-refractivity contribution in [2.75, 3.05) is 38.7 Å². The van der Waals surface area contributed by atoms with Crippen molar-refractivity contribution in [3.63, 3.8) is 0 Å². The van der Waals surface area contributed by atoms with E-state index in [0.717, 1.165) is 63.4 Å². The molecule has 6 heteroatoms. The molecule has 0 radical (unpaired) electrons. The van der Waals surface area contributed by atoms with Gasteiger partial charge in [0, 0.05) is 18.8 Å². The molecule has 0 spiro atoms. The molecular formula is C18H27ClN2O3. The van der Waals surface area contributed by atoms with Crippen molar-refractivity contribution in [1.82, 2.24) is 4.90 Å². The van der Waals surface area contributed by atoms with Crippen LogP contribution in [0.15, 0.2) is 24.3 Å². The first kappa shape index (κ1) is 19.0. The van der Waals surface area contributed by atoms with Gasteiger partial charge in [-0.2, -0.15) is 0 Å². The van der Waals surface area contributed by atoms with E-state index >= 15 is 0 Å². The Hall–Kier alpha value is -1.30. The summed E-state index contributed by atoms with van der Waals surface area (Å²) in [5.74, 6) is 0.924. The van der Waals surface area contributed by atoms with E-state index in [1.807, 2.05) is 24.3 Å². The van der Waals surface area contributed by atoms with Crippen LogP contribution in [0.25, 0.3) is 0 Å². The lowest BCUT2D eigenvalue weighted by Crippen LogP contribution is -2.60. The Labute approximate surface area is 150 Å². The maximum atomic E-state index is 13.1. The van der Waals surface area contributed by atoms with Crippen LogP contribution in [-0.4, -0.2) is 49.8 Å². The Kier molecular flexibility index (Phi) is 6.90. The number of halogens is 1. The number of ether oxygens (including phenoxy) is 2. The second kappa shape index (κ2) is 8.70. The second-order valence-electron chi connectivity index (χ2n) is 6.37. The average molecular weight is 355 g/mol. The molecule has 1 aliphatic carbocycles. The zero-order valence-electron chi connectivity index (χ0n) is 14.3. The molecule has 1 aliphatic heterocycles. The first-order chi connectivity index (χ1) is 11.2. The molecule has 1 aromatic carbocycles. The maximum Gasteiger partial charge on any atom is 0.244 e. The molecule has 5 nitrogen and oxygen atoms in total. The maximum absolute atomic E-state index is 13.1. The summed E-state index contributed by atoms with van der Waals surface area (Å²) in [7, 11) is 1.64. The Morgan fingerprint density at radius 2 is 1.75 bits per heavy atom. The summed E-state index contributed by atoms with van der Waals surface area (Å²) in [6, 6.07) is 7.54. The van der Waals surface area contributed by atoms with Gasteiger partial charge in [-0.3, -0.25) is 9.69 Å². The number of amides is 1. The highest BCUT2D eigenvalue weighted by Crippen LogP contribution is 2.35. The Balaban J connectivity index is 0.00000208. The quantitative estimate of drug-likeness (QED) is 0.902. The molecule has 0 aromatic heterocycles. The van der Waals surface area contributed by atoms with Gasteiger partial charge in [-0.1, -0.05) is 19.3 Å². The lowest BCUT2D eigenvalue weighted by atomic mass is 9.79. The molecule has 134 valence electrons. The molecule has 1 aromatic rings. The lowest BCUT2D eigenvalue weighted by Gasteiger charge is -2.46. The minimum atomic E-state index is -0.373. The third kappa shape index (κ3) is 4.02. The van der Waals surface area contributed by atoms with Gasteiger partial charge in [-0.05, 0) is 37.1 Å². The predicted octanol–water partition coefficient (Wildman–Crippen LogP) is 3.09. The molecule has 24 heavy (non-hydrogen) atoms. The Bertz CT molecular complexity index is 524. The van der Waals surface area contributed by atoms with Gasteiger partial charge >= 0.3 is 0 Å². The zero-order chi connectivity index (χ0) is 16.1. The van der Waals surface area contributed by atoms with Gasteiger partial charge < -0.3 is 14.8 Å². The molecule has 2 fully saturated rings. The summed E-state index contributed by atoms with van der Waals surface area (Å²) >= 11 is 0. The zero-order valence-corrected chi connectivity index (χ0v) is 15.1. The van der Waals surface area contributed by atoms with Gasteiger partial charge in [0.2, 0.25) is 5.91 Å². The largest absolute Gasteiger partial charge is 0.497 e. The number of methoxy groups -OCH3 is 1. The summed E-state index contributed by atoms with van der Waals surface area (Å²) in [6.07, 6.45) is 5.34. The molecule has 0 unspecified atom stereocenters. The van der Waals surface area contributed by atoms with Crippen molar-refractivity contribution in [3.8, 4) is 5.75 Å². The summed E-state index contributed by atoms with van der Waals surface area (Å²) in [5, 5.41) is 3.12. The molecule has 1 heterocycles. The van der Waals surface area contributed by atoms with Crippen LogP contribution in [0.2, 0.25) is 0 Å². The van der Waals surface area contributed by atoms with E-state index in [-0.39, 0.29) is 23.9 Å². The summed E-state index contributed by atoms with van der Waals surface area (Å²) in [4.78, 5) is 15.5. The third-order valence-electron chi connectivity index (χ3n) is 5.07. The van der Waals surface area contributed by atoms with E-state index < -0.39 is 0 Å². The first-order valence-electron chi connectivity index (χ1n) is 8.53. The summed E-state index contributed by atoms with van der Waals surface area (Å²) in [5.41, 5.74) is 0.455. The number of morpholine rings is 1. The van der Waals surface area contributed by atoms with Gasteiger partial charge in [0.25, 0.3) is 0 Å². The number of hydrogen-bond acceptors (Lipinski definition) is 4. The topological polar surface area (TPSA) is 50.8 Å². The van der Waals surface area contributed by atoms with Crippen LogP contribution in [0.4, 0.5) is 5.69 Å². The normalized spacial score (nSPS) is 20.7. The fourth-order valence-corrected chi connectivity index (χ4v) is 3.74. The van der Waals surface area contributed by atoms with Gasteiger partial charge in [-0.15, -0.1) is 12.4 Å². The second-order valence-corrected chi connectivity index (χ2v) is 6.37. The number of hydrogen-bond donors (Lipinski definition) is 1. The van der Waals surface area contributed by atoms with Gasteiger partial charge in [0.05, 0.1) is 20.3 Å². The van der Waals surface area contributed by atoms with Crippen LogP contribution in [0, 0.1) is 0 Å². The monoisotopic (exact) mass is 354 g/mol. The number of anilines is 1. The molecule has 1 saturated heterocycles. The van der Waals surface area contributed by atoms with Crippen molar-refractivity contribution >= 4 is 24.0 Å². The summed E-state index contributed by atoms with van der Waals surface area (Å²) < 4.78 is 10.6. The SMILES string of the molecule is COc1ccc(NC(=O)C2(N3CCOCC3)CCCCC2)cc1.Cl. The number of carbonyl (C=O) groups is 1. The molecule has 0 atom stereocenters. The van der Waals surface area contributed by atoms with E-state index in [2.05, 4.69) is 10.2 Å². The third-order valence-corrected chi connectivity index (χ3v) is 5.07. The number of rotatable bonds is 4. The molecule has 1 saturated carbocycles. The minimum Gasteiger partial charge on any atom is -0.497 e. The van der Waals surface area contributed by atoms with Crippen LogP contribution in [0.1, 0.15) is 32.1 Å². The average Bonchev–Trinajstić information content (AvgIpc) is 2.63. The van der Waals surface area contributed by atoms with E-state index in [4.69, 9.17) is 9.47 Å². The summed E-state index contributed by atoms with van der Waals surface area (Å²) in [6.45, 7) is 3.13. The van der Waals surface area contributed by atoms with Gasteiger partial charge in [0.15, 0.2) is 0 Å². The van der Waals surface area contributed by atoms with Crippen molar-refractivity contribution in [1.29, 1.82) is 0 Å². The highest BCUT2D eigenvalue weighted by molar-refractivity contribution is 5.98. The first-order valence-corrected chi connectivity index (χ1v) is 8.53. The Morgan fingerprint density at radius 3 is 2.33 bits per heavy atom. The van der Waals surface area contributed by atoms with Crippen LogP contribution < -0.4 is 10.1 Å². The number of nitrogens with one attached hydrogen (secondary N) is 1. The highest BCUT2D eigenvalue weighted by Gasteiger charge is 2.45. The van der Waals surface area contributed by atoms with Crippen LogP contribution >= 0.6 is 12.4 Å². The van der Waals surface area contributed by atoms with Crippen molar-refractivity contribution in [3.05, 3.63) is 24.3 Å². The minimum absolute atomic E-state index is 0. The molecule has 1 amide bonds. The fraction of sp³-hybridized carbons (Fsp3) is 0.611. The van der Waals surface area contributed by atoms with Crippen molar-refractivity contribution in [2.24, 2.45) is 0 Å². The van der Waals surface area contributed by atoms with Crippen LogP contribution in [0.3, 0.4) is 0 Å². The van der Waals surface area contributed by atoms with Crippen LogP contribution in [-0.2, 0) is 9.53 Å². The number of nitrogens with zero attached hydrogens (tertiary/aromatic N) is 1. The smallest absolute Gasteiger partial charge is 0.244 e. The van der Waals surface area contributed by atoms with E-state index in [1.165, 1.54) is 6.42 Å². The van der Waals surface area contributed by atoms with E-state index in [9.17, 15) is 4.79 Å². The standard InChI is InChI=1S/C18H26N2O3.ClH/c1-22-16-7-5-15(6-8-16)19-17(21)18(9-3-2-4-10-18)20-11-13-23-14-12-20;/h5-8H,2-4,9-14H2,1H3,(H,19,21);1H. The lowest BCUT2D eigenvalue weighted by molar-refractivity contribution is -0.134. The highest BCUT2D eigenvalue weighted by atomic mass is 35.5. The molecule has 1 N–H and O–H groups in total. The fourth-order valence-electron chi connectivity index (χ4n) is 3.74. The van der Waals surface area contributed by atoms with E-state index in [1.54, 1.807) is 7.11 Å². The molecular weight excluding hydrogens is 328 g/mol. The predicted molar refractivity (Wildman–Crippen MR) is 97.1 cm³/mol. The molecule has 2 aliphatic rings. The Morgan fingerprint density at radius 1 is 1.12 bits per heavy atom. The molecule has 3 rings (SSSR count).